The Morgan fingerprint density at radius 1 is 1.21 bits per heavy atom. The van der Waals surface area contributed by atoms with E-state index in [-0.39, 0.29) is 24.1 Å². The normalized spacial score (nSPS) is 20.7. The van der Waals surface area contributed by atoms with Crippen LogP contribution in [0.3, 0.4) is 0 Å². The van der Waals surface area contributed by atoms with E-state index in [1.807, 2.05) is 30.3 Å². The van der Waals surface area contributed by atoms with Gasteiger partial charge in [-0.25, -0.2) is 0 Å². The van der Waals surface area contributed by atoms with E-state index in [1.54, 1.807) is 17.0 Å². The lowest BCUT2D eigenvalue weighted by atomic mass is 10.0. The number of carbonyl (C=O) groups excluding carboxylic acids is 3. The van der Waals surface area contributed by atoms with Gasteiger partial charge >= 0.3 is 0 Å². The van der Waals surface area contributed by atoms with Crippen LogP contribution in [-0.4, -0.2) is 38.8 Å². The molecule has 3 aromatic rings. The average molecular weight is 447 g/mol. The number of anilines is 1. The van der Waals surface area contributed by atoms with Gasteiger partial charge in [-0.2, -0.15) is 0 Å². The number of nitrogens with one attached hydrogen (secondary N) is 3. The third-order valence-corrected chi connectivity index (χ3v) is 6.50. The van der Waals surface area contributed by atoms with Crippen molar-refractivity contribution in [3.63, 3.8) is 0 Å². The highest BCUT2D eigenvalue weighted by Crippen LogP contribution is 2.36. The maximum Gasteiger partial charge on any atom is 0.272 e. The molecule has 1 saturated heterocycles. The molecule has 0 radical (unpaired) electrons. The van der Waals surface area contributed by atoms with Gasteiger partial charge in [-0.15, -0.1) is 0 Å². The summed E-state index contributed by atoms with van der Waals surface area (Å²) in [6, 6.07) is 12.7. The predicted octanol–water partition coefficient (Wildman–Crippen LogP) is 2.98. The summed E-state index contributed by atoms with van der Waals surface area (Å²) in [7, 11) is 0. The first-order valence-corrected chi connectivity index (χ1v) is 11.3. The van der Waals surface area contributed by atoms with E-state index in [2.05, 4.69) is 22.5 Å². The number of aryl methyl sites for hydroxylation is 1. The Morgan fingerprint density at radius 2 is 2.03 bits per heavy atom. The number of aliphatic hydroxyl groups excluding tert-OH is 1. The molecule has 5 rings (SSSR count). The van der Waals surface area contributed by atoms with Crippen molar-refractivity contribution in [3.8, 4) is 0 Å². The van der Waals surface area contributed by atoms with Gasteiger partial charge in [0.15, 0.2) is 0 Å². The summed E-state index contributed by atoms with van der Waals surface area (Å²) in [6.45, 7) is 2.45. The second-order valence-corrected chi connectivity index (χ2v) is 8.65. The number of H-pyrrole nitrogens is 1. The van der Waals surface area contributed by atoms with E-state index < -0.39 is 12.3 Å². The minimum absolute atomic E-state index is 0.213. The van der Waals surface area contributed by atoms with Gasteiger partial charge in [-0.05, 0) is 42.2 Å². The van der Waals surface area contributed by atoms with E-state index in [0.717, 1.165) is 34.9 Å². The minimum Gasteiger partial charge on any atom is -0.374 e. The van der Waals surface area contributed by atoms with Crippen LogP contribution in [0.5, 0.6) is 0 Å². The van der Waals surface area contributed by atoms with Crippen LogP contribution in [0, 0.1) is 0 Å². The van der Waals surface area contributed by atoms with E-state index in [4.69, 9.17) is 0 Å². The van der Waals surface area contributed by atoms with E-state index >= 15 is 0 Å². The second-order valence-electron chi connectivity index (χ2n) is 8.65. The maximum absolute atomic E-state index is 13.1. The number of aromatic nitrogens is 1. The minimum atomic E-state index is -0.932. The first-order valence-electron chi connectivity index (χ1n) is 11.3. The standard InChI is InChI=1S/C25H26N4O4/c1-2-5-18-17-6-3-4-7-19(17)27-22(18)24(32)26-15-8-9-16-14(12-15)13-29(25(16)33)20-10-11-21(30)28-23(20)31/h3-4,6-9,12,20,25,27,33H,2,5,10-11,13H2,1H3,(H,26,32)(H,28,30,31). The molecule has 3 amide bonds. The predicted molar refractivity (Wildman–Crippen MR) is 123 cm³/mol. The number of fused-ring (bicyclic) bond motifs is 2. The number of rotatable bonds is 5. The summed E-state index contributed by atoms with van der Waals surface area (Å²) in [5.41, 5.74) is 4.67. The summed E-state index contributed by atoms with van der Waals surface area (Å²) in [5.74, 6) is -0.879. The second kappa shape index (κ2) is 8.46. The zero-order chi connectivity index (χ0) is 23.1. The summed E-state index contributed by atoms with van der Waals surface area (Å²) < 4.78 is 0. The van der Waals surface area contributed by atoms with Crippen LogP contribution in [0.15, 0.2) is 42.5 Å². The number of carbonyl (C=O) groups is 3. The smallest absolute Gasteiger partial charge is 0.272 e. The van der Waals surface area contributed by atoms with Gasteiger partial charge in [0, 0.05) is 35.1 Å². The lowest BCUT2D eigenvalue weighted by Gasteiger charge is -2.31. The Morgan fingerprint density at radius 3 is 2.82 bits per heavy atom. The van der Waals surface area contributed by atoms with E-state index in [1.165, 1.54) is 0 Å². The summed E-state index contributed by atoms with van der Waals surface area (Å²) in [4.78, 5) is 41.8. The monoisotopic (exact) mass is 446 g/mol. The molecule has 0 aliphatic carbocycles. The van der Waals surface area contributed by atoms with Crippen molar-refractivity contribution in [2.75, 3.05) is 5.32 Å². The molecule has 2 aliphatic rings. The fourth-order valence-corrected chi connectivity index (χ4v) is 4.91. The highest BCUT2D eigenvalue weighted by molar-refractivity contribution is 6.08. The number of hydrogen-bond donors (Lipinski definition) is 4. The van der Waals surface area contributed by atoms with Crippen LogP contribution in [0.1, 0.15) is 59.6 Å². The van der Waals surface area contributed by atoms with Gasteiger partial charge < -0.3 is 15.4 Å². The molecule has 170 valence electrons. The summed E-state index contributed by atoms with van der Waals surface area (Å²) >= 11 is 0. The Kier molecular flexibility index (Phi) is 5.47. The van der Waals surface area contributed by atoms with Crippen LogP contribution in [0.25, 0.3) is 10.9 Å². The molecular formula is C25H26N4O4. The number of piperidine rings is 1. The molecule has 2 unspecified atom stereocenters. The number of hydrogen-bond acceptors (Lipinski definition) is 5. The van der Waals surface area contributed by atoms with Crippen molar-refractivity contribution in [2.45, 2.75) is 51.4 Å². The van der Waals surface area contributed by atoms with Gasteiger partial charge in [-0.3, -0.25) is 24.6 Å². The molecule has 8 nitrogen and oxygen atoms in total. The van der Waals surface area contributed by atoms with Gasteiger partial charge in [0.05, 0.1) is 6.04 Å². The Hall–Kier alpha value is -3.49. The van der Waals surface area contributed by atoms with Crippen molar-refractivity contribution >= 4 is 34.3 Å². The number of para-hydroxylation sites is 1. The number of amides is 3. The molecule has 8 heteroatoms. The molecule has 33 heavy (non-hydrogen) atoms. The SMILES string of the molecule is CCCc1c(C(=O)Nc2ccc3c(c2)CN(C2CCC(=O)NC2=O)C3O)[nH]c2ccccc12. The van der Waals surface area contributed by atoms with Crippen molar-refractivity contribution in [1.82, 2.24) is 15.2 Å². The van der Waals surface area contributed by atoms with Crippen LogP contribution >= 0.6 is 0 Å². The van der Waals surface area contributed by atoms with Crippen LogP contribution in [0.4, 0.5) is 5.69 Å². The first-order chi connectivity index (χ1) is 16.0. The molecule has 0 bridgehead atoms. The van der Waals surface area contributed by atoms with Gasteiger partial charge in [0.2, 0.25) is 11.8 Å². The highest BCUT2D eigenvalue weighted by atomic mass is 16.3. The Balaban J connectivity index is 1.37. The van der Waals surface area contributed by atoms with Crippen LogP contribution in [0.2, 0.25) is 0 Å². The quantitative estimate of drug-likeness (QED) is 0.450. The van der Waals surface area contributed by atoms with Crippen LogP contribution < -0.4 is 10.6 Å². The van der Waals surface area contributed by atoms with Crippen LogP contribution in [-0.2, 0) is 22.6 Å². The molecule has 3 heterocycles. The molecule has 0 spiro atoms. The zero-order valence-electron chi connectivity index (χ0n) is 18.4. The first kappa shape index (κ1) is 21.4. The third-order valence-electron chi connectivity index (χ3n) is 6.50. The average Bonchev–Trinajstić information content (AvgIpc) is 3.32. The number of aromatic amines is 1. The Bertz CT molecular complexity index is 1260. The van der Waals surface area contributed by atoms with Gasteiger partial charge in [0.25, 0.3) is 5.91 Å². The van der Waals surface area contributed by atoms with Crippen molar-refractivity contribution in [1.29, 1.82) is 0 Å². The third kappa shape index (κ3) is 3.81. The van der Waals surface area contributed by atoms with Gasteiger partial charge in [-0.1, -0.05) is 37.6 Å². The zero-order valence-corrected chi connectivity index (χ0v) is 18.4. The fraction of sp³-hybridized carbons (Fsp3) is 0.320. The number of benzene rings is 2. The van der Waals surface area contributed by atoms with E-state index in [0.29, 0.717) is 29.9 Å². The van der Waals surface area contributed by atoms with Crippen molar-refractivity contribution in [3.05, 3.63) is 64.8 Å². The molecule has 1 aromatic heterocycles. The summed E-state index contributed by atoms with van der Waals surface area (Å²) in [5, 5.41) is 17.2. The summed E-state index contributed by atoms with van der Waals surface area (Å²) in [6.07, 6.45) is 1.42. The fourth-order valence-electron chi connectivity index (χ4n) is 4.91. The van der Waals surface area contributed by atoms with Crippen molar-refractivity contribution < 1.29 is 19.5 Å². The Labute approximate surface area is 191 Å². The lowest BCUT2D eigenvalue weighted by Crippen LogP contribution is -2.51. The maximum atomic E-state index is 13.1. The number of nitrogens with zero attached hydrogens (tertiary/aromatic N) is 1. The van der Waals surface area contributed by atoms with Crippen molar-refractivity contribution in [2.24, 2.45) is 0 Å². The van der Waals surface area contributed by atoms with Gasteiger partial charge in [0.1, 0.15) is 11.9 Å². The highest BCUT2D eigenvalue weighted by Gasteiger charge is 2.39. The molecule has 2 aromatic carbocycles. The van der Waals surface area contributed by atoms with E-state index in [9.17, 15) is 19.5 Å². The largest absolute Gasteiger partial charge is 0.374 e. The molecule has 2 aliphatic heterocycles. The topological polar surface area (TPSA) is 115 Å². The molecular weight excluding hydrogens is 420 g/mol. The molecule has 0 saturated carbocycles. The molecule has 1 fully saturated rings. The number of aliphatic hydroxyl groups is 1. The number of imide groups is 1. The molecule has 2 atom stereocenters. The molecule has 4 N–H and O–H groups in total. The lowest BCUT2D eigenvalue weighted by molar-refractivity contribution is -0.141.